The number of allylic oxidation sites excluding steroid dienone is 1. The zero-order valence-electron chi connectivity index (χ0n) is 14.5. The summed E-state index contributed by atoms with van der Waals surface area (Å²) >= 11 is 0. The third-order valence-corrected chi connectivity index (χ3v) is 3.60. The lowest BCUT2D eigenvalue weighted by Gasteiger charge is -2.25. The van der Waals surface area contributed by atoms with Gasteiger partial charge in [-0.3, -0.25) is 4.90 Å². The zero-order chi connectivity index (χ0) is 17.1. The molecule has 0 fully saturated rings. The second kappa shape index (κ2) is 11.0. The molecule has 1 atom stereocenters. The molecule has 5 nitrogen and oxygen atoms in total. The monoisotopic (exact) mass is 323 g/mol. The summed E-state index contributed by atoms with van der Waals surface area (Å²) < 4.78 is 15.8. The van der Waals surface area contributed by atoms with Crippen LogP contribution in [-0.2, 0) is 11.3 Å². The van der Waals surface area contributed by atoms with Crippen molar-refractivity contribution in [3.05, 3.63) is 36.4 Å². The van der Waals surface area contributed by atoms with Crippen LogP contribution in [0.15, 0.2) is 30.9 Å². The largest absolute Gasteiger partial charge is 0.497 e. The Hall–Kier alpha value is -1.56. The van der Waals surface area contributed by atoms with Gasteiger partial charge in [0.05, 0.1) is 26.9 Å². The minimum Gasteiger partial charge on any atom is -0.497 e. The summed E-state index contributed by atoms with van der Waals surface area (Å²) in [5, 5.41) is 10.1. The topological polar surface area (TPSA) is 51.2 Å². The molecular weight excluding hydrogens is 294 g/mol. The highest BCUT2D eigenvalue weighted by atomic mass is 16.5. The van der Waals surface area contributed by atoms with E-state index in [2.05, 4.69) is 11.5 Å². The third-order valence-electron chi connectivity index (χ3n) is 3.60. The smallest absolute Gasteiger partial charge is 0.122 e. The molecule has 0 aromatic heterocycles. The quantitative estimate of drug-likeness (QED) is 0.599. The standard InChI is InChI=1S/C18H29NO4/c1-5-6-7-16(20)14-19(8-9-21-2)13-15-10-17(22-3)12-18(11-15)23-4/h5,10-12,16,20H,1,6-9,13-14H2,2-4H3/t16-/m0/s1. The van der Waals surface area contributed by atoms with Gasteiger partial charge in [0, 0.05) is 32.8 Å². The van der Waals surface area contributed by atoms with Crippen molar-refractivity contribution in [2.24, 2.45) is 0 Å². The Balaban J connectivity index is 2.76. The molecule has 0 aliphatic rings. The van der Waals surface area contributed by atoms with Crippen molar-refractivity contribution in [2.45, 2.75) is 25.5 Å². The number of ether oxygens (including phenoxy) is 3. The number of benzene rings is 1. The van der Waals surface area contributed by atoms with E-state index in [1.54, 1.807) is 21.3 Å². The molecule has 0 amide bonds. The van der Waals surface area contributed by atoms with E-state index in [1.165, 1.54) is 0 Å². The number of hydrogen-bond acceptors (Lipinski definition) is 5. The van der Waals surface area contributed by atoms with Gasteiger partial charge in [-0.15, -0.1) is 6.58 Å². The lowest BCUT2D eigenvalue weighted by atomic mass is 10.1. The predicted octanol–water partition coefficient (Wildman–Crippen LogP) is 2.48. The molecule has 0 aliphatic heterocycles. The molecule has 0 spiro atoms. The van der Waals surface area contributed by atoms with Gasteiger partial charge in [0.1, 0.15) is 11.5 Å². The molecule has 23 heavy (non-hydrogen) atoms. The predicted molar refractivity (Wildman–Crippen MR) is 92.1 cm³/mol. The van der Waals surface area contributed by atoms with Crippen LogP contribution in [0.3, 0.4) is 0 Å². The first kappa shape index (κ1) is 19.5. The molecule has 0 bridgehead atoms. The fourth-order valence-electron chi connectivity index (χ4n) is 2.37. The van der Waals surface area contributed by atoms with Gasteiger partial charge in [-0.2, -0.15) is 0 Å². The van der Waals surface area contributed by atoms with Gasteiger partial charge in [0.15, 0.2) is 0 Å². The highest BCUT2D eigenvalue weighted by Gasteiger charge is 2.13. The van der Waals surface area contributed by atoms with Crippen molar-refractivity contribution in [1.29, 1.82) is 0 Å². The third kappa shape index (κ3) is 7.50. The molecule has 1 rings (SSSR count). The van der Waals surface area contributed by atoms with Gasteiger partial charge in [-0.25, -0.2) is 0 Å². The summed E-state index contributed by atoms with van der Waals surface area (Å²) in [6.45, 7) is 6.36. The first-order chi connectivity index (χ1) is 11.1. The summed E-state index contributed by atoms with van der Waals surface area (Å²) in [6.07, 6.45) is 2.98. The normalized spacial score (nSPS) is 12.2. The lowest BCUT2D eigenvalue weighted by Crippen LogP contribution is -2.34. The number of rotatable bonds is 12. The van der Waals surface area contributed by atoms with E-state index in [0.717, 1.165) is 30.0 Å². The van der Waals surface area contributed by atoms with Crippen LogP contribution in [0.1, 0.15) is 18.4 Å². The Kier molecular flexibility index (Phi) is 9.36. The van der Waals surface area contributed by atoms with Crippen LogP contribution in [0.4, 0.5) is 0 Å². The van der Waals surface area contributed by atoms with E-state index < -0.39 is 0 Å². The van der Waals surface area contributed by atoms with Crippen molar-refractivity contribution in [3.8, 4) is 11.5 Å². The molecule has 0 unspecified atom stereocenters. The number of aliphatic hydroxyl groups is 1. The van der Waals surface area contributed by atoms with E-state index in [9.17, 15) is 5.11 Å². The van der Waals surface area contributed by atoms with Gasteiger partial charge in [-0.1, -0.05) is 6.08 Å². The van der Waals surface area contributed by atoms with Crippen molar-refractivity contribution >= 4 is 0 Å². The number of nitrogens with zero attached hydrogens (tertiary/aromatic N) is 1. The fraction of sp³-hybridized carbons (Fsp3) is 0.556. The molecule has 1 N–H and O–H groups in total. The molecular formula is C18H29NO4. The number of methoxy groups -OCH3 is 3. The number of aliphatic hydroxyl groups excluding tert-OH is 1. The van der Waals surface area contributed by atoms with E-state index in [0.29, 0.717) is 26.1 Å². The molecule has 1 aromatic carbocycles. The Bertz CT molecular complexity index is 442. The Morgan fingerprint density at radius 3 is 2.35 bits per heavy atom. The van der Waals surface area contributed by atoms with Crippen molar-refractivity contribution in [3.63, 3.8) is 0 Å². The molecule has 0 radical (unpaired) electrons. The lowest BCUT2D eigenvalue weighted by molar-refractivity contribution is 0.0809. The number of hydrogen-bond donors (Lipinski definition) is 1. The van der Waals surface area contributed by atoms with Crippen LogP contribution in [-0.4, -0.2) is 57.1 Å². The Labute approximate surface area is 139 Å². The summed E-state index contributed by atoms with van der Waals surface area (Å²) in [5.41, 5.74) is 1.08. The van der Waals surface area contributed by atoms with Crippen LogP contribution >= 0.6 is 0 Å². The maximum atomic E-state index is 10.1. The van der Waals surface area contributed by atoms with Gasteiger partial charge in [-0.05, 0) is 30.5 Å². The summed E-state index contributed by atoms with van der Waals surface area (Å²) in [6, 6.07) is 5.82. The minimum atomic E-state index is -0.377. The van der Waals surface area contributed by atoms with Crippen molar-refractivity contribution in [1.82, 2.24) is 4.90 Å². The highest BCUT2D eigenvalue weighted by molar-refractivity contribution is 5.38. The Morgan fingerprint density at radius 1 is 1.17 bits per heavy atom. The first-order valence-electron chi connectivity index (χ1n) is 7.85. The van der Waals surface area contributed by atoms with Gasteiger partial charge in [0.2, 0.25) is 0 Å². The van der Waals surface area contributed by atoms with Crippen LogP contribution in [0, 0.1) is 0 Å². The molecule has 0 saturated carbocycles. The van der Waals surface area contributed by atoms with E-state index in [1.807, 2.05) is 24.3 Å². The molecule has 0 aliphatic carbocycles. The van der Waals surface area contributed by atoms with Gasteiger partial charge >= 0.3 is 0 Å². The maximum absolute atomic E-state index is 10.1. The molecule has 0 saturated heterocycles. The zero-order valence-corrected chi connectivity index (χ0v) is 14.5. The fourth-order valence-corrected chi connectivity index (χ4v) is 2.37. The van der Waals surface area contributed by atoms with E-state index in [-0.39, 0.29) is 6.10 Å². The minimum absolute atomic E-state index is 0.377. The van der Waals surface area contributed by atoms with Crippen LogP contribution in [0.5, 0.6) is 11.5 Å². The average Bonchev–Trinajstić information content (AvgIpc) is 2.57. The van der Waals surface area contributed by atoms with E-state index in [4.69, 9.17) is 14.2 Å². The summed E-state index contributed by atoms with van der Waals surface area (Å²) in [5.74, 6) is 1.52. The highest BCUT2D eigenvalue weighted by Crippen LogP contribution is 2.23. The van der Waals surface area contributed by atoms with Crippen molar-refractivity contribution < 1.29 is 19.3 Å². The molecule has 0 heterocycles. The average molecular weight is 323 g/mol. The molecule has 130 valence electrons. The van der Waals surface area contributed by atoms with Gasteiger partial charge in [0.25, 0.3) is 0 Å². The maximum Gasteiger partial charge on any atom is 0.122 e. The van der Waals surface area contributed by atoms with Crippen LogP contribution in [0.25, 0.3) is 0 Å². The molecule has 5 heteroatoms. The summed E-state index contributed by atoms with van der Waals surface area (Å²) in [7, 11) is 4.96. The second-order valence-corrected chi connectivity index (χ2v) is 5.47. The van der Waals surface area contributed by atoms with Crippen molar-refractivity contribution in [2.75, 3.05) is 41.0 Å². The SMILES string of the molecule is C=CCC[C@H](O)CN(CCOC)Cc1cc(OC)cc(OC)c1. The summed E-state index contributed by atoms with van der Waals surface area (Å²) in [4.78, 5) is 2.17. The van der Waals surface area contributed by atoms with E-state index >= 15 is 0 Å². The first-order valence-corrected chi connectivity index (χ1v) is 7.85. The van der Waals surface area contributed by atoms with Gasteiger partial charge < -0.3 is 19.3 Å². The second-order valence-electron chi connectivity index (χ2n) is 5.47. The molecule has 1 aromatic rings. The Morgan fingerprint density at radius 2 is 1.83 bits per heavy atom. The van der Waals surface area contributed by atoms with Crippen LogP contribution < -0.4 is 9.47 Å². The van der Waals surface area contributed by atoms with Crippen LogP contribution in [0.2, 0.25) is 0 Å².